The molecule has 0 bridgehead atoms. The van der Waals surface area contributed by atoms with Crippen LogP contribution in [0.3, 0.4) is 0 Å². The lowest BCUT2D eigenvalue weighted by Crippen LogP contribution is -2.38. The first-order chi connectivity index (χ1) is 5.56. The Morgan fingerprint density at radius 3 is 2.67 bits per heavy atom. The lowest BCUT2D eigenvalue weighted by atomic mass is 9.71. The van der Waals surface area contributed by atoms with E-state index in [1.54, 1.807) is 0 Å². The maximum Gasteiger partial charge on any atom is 0.0645 e. The van der Waals surface area contributed by atoms with Crippen molar-refractivity contribution in [1.29, 1.82) is 0 Å². The van der Waals surface area contributed by atoms with Gasteiger partial charge in [-0.15, -0.1) is 0 Å². The van der Waals surface area contributed by atoms with Crippen molar-refractivity contribution in [2.75, 3.05) is 0 Å². The first-order valence-corrected chi connectivity index (χ1v) is 5.28. The highest BCUT2D eigenvalue weighted by molar-refractivity contribution is 4.86. The van der Waals surface area contributed by atoms with E-state index >= 15 is 0 Å². The summed E-state index contributed by atoms with van der Waals surface area (Å²) in [5, 5.41) is 9.93. The predicted molar refractivity (Wildman–Crippen MR) is 52.0 cm³/mol. The Morgan fingerprint density at radius 2 is 2.17 bits per heavy atom. The molecule has 0 heterocycles. The van der Waals surface area contributed by atoms with E-state index < -0.39 is 0 Å². The molecule has 1 nitrogen and oxygen atoms in total. The molecular weight excluding hydrogens is 148 g/mol. The van der Waals surface area contributed by atoms with E-state index in [1.807, 2.05) is 6.92 Å². The highest BCUT2D eigenvalue weighted by atomic mass is 16.3. The minimum Gasteiger partial charge on any atom is -0.390 e. The van der Waals surface area contributed by atoms with E-state index in [1.165, 1.54) is 25.7 Å². The minimum absolute atomic E-state index is 0.385. The molecule has 0 spiro atoms. The average Bonchev–Trinajstić information content (AvgIpc) is 1.98. The standard InChI is InChI=1S/C11H22O/c1-4-5-10-6-7-11(3,12)9(2)8-10/h9-10,12H,4-8H2,1-3H3/t9-,10?,11?/m0/s1. The molecule has 0 aliphatic heterocycles. The predicted octanol–water partition coefficient (Wildman–Crippen LogP) is 2.97. The van der Waals surface area contributed by atoms with E-state index in [2.05, 4.69) is 13.8 Å². The molecule has 1 saturated carbocycles. The summed E-state index contributed by atoms with van der Waals surface area (Å²) < 4.78 is 0. The summed E-state index contributed by atoms with van der Waals surface area (Å²) in [6.07, 6.45) is 6.09. The SMILES string of the molecule is CCCC1CCC(C)(O)[C@@H](C)C1. The van der Waals surface area contributed by atoms with Crippen LogP contribution in [-0.2, 0) is 0 Å². The number of hydrogen-bond acceptors (Lipinski definition) is 1. The van der Waals surface area contributed by atoms with Gasteiger partial charge in [0.1, 0.15) is 0 Å². The zero-order valence-electron chi connectivity index (χ0n) is 8.64. The maximum absolute atomic E-state index is 9.93. The summed E-state index contributed by atoms with van der Waals surface area (Å²) in [6.45, 7) is 6.42. The normalized spacial score (nSPS) is 43.0. The lowest BCUT2D eigenvalue weighted by Gasteiger charge is -2.39. The van der Waals surface area contributed by atoms with Crippen molar-refractivity contribution in [2.24, 2.45) is 11.8 Å². The van der Waals surface area contributed by atoms with Crippen LogP contribution in [0, 0.1) is 11.8 Å². The summed E-state index contributed by atoms with van der Waals surface area (Å²) >= 11 is 0. The second kappa shape index (κ2) is 3.78. The summed E-state index contributed by atoms with van der Waals surface area (Å²) in [4.78, 5) is 0. The molecule has 0 aromatic carbocycles. The molecule has 0 amide bonds. The van der Waals surface area contributed by atoms with Gasteiger partial charge in [0.2, 0.25) is 0 Å². The topological polar surface area (TPSA) is 20.2 Å². The molecule has 1 fully saturated rings. The van der Waals surface area contributed by atoms with Crippen LogP contribution in [0.2, 0.25) is 0 Å². The van der Waals surface area contributed by atoms with Gasteiger partial charge < -0.3 is 5.11 Å². The molecule has 0 aromatic heterocycles. The molecule has 0 saturated heterocycles. The van der Waals surface area contributed by atoms with Crippen LogP contribution in [0.1, 0.15) is 52.9 Å². The van der Waals surface area contributed by atoms with Crippen molar-refractivity contribution in [2.45, 2.75) is 58.5 Å². The first kappa shape index (κ1) is 10.0. The minimum atomic E-state index is -0.385. The Kier molecular flexibility index (Phi) is 3.16. The van der Waals surface area contributed by atoms with Gasteiger partial charge in [0.05, 0.1) is 5.60 Å². The third-order valence-electron chi connectivity index (χ3n) is 3.50. The van der Waals surface area contributed by atoms with Crippen LogP contribution in [0.5, 0.6) is 0 Å². The van der Waals surface area contributed by atoms with Gasteiger partial charge in [-0.05, 0) is 38.0 Å². The second-order valence-corrected chi connectivity index (χ2v) is 4.69. The fourth-order valence-electron chi connectivity index (χ4n) is 2.28. The monoisotopic (exact) mass is 170 g/mol. The van der Waals surface area contributed by atoms with Crippen LogP contribution in [-0.4, -0.2) is 10.7 Å². The molecule has 12 heavy (non-hydrogen) atoms. The van der Waals surface area contributed by atoms with Gasteiger partial charge in [-0.25, -0.2) is 0 Å². The van der Waals surface area contributed by atoms with Crippen molar-refractivity contribution in [3.8, 4) is 0 Å². The number of rotatable bonds is 2. The molecule has 1 aliphatic rings. The van der Waals surface area contributed by atoms with Crippen molar-refractivity contribution < 1.29 is 5.11 Å². The highest BCUT2D eigenvalue weighted by Crippen LogP contribution is 2.38. The van der Waals surface area contributed by atoms with E-state index in [0.29, 0.717) is 5.92 Å². The largest absolute Gasteiger partial charge is 0.390 e. The van der Waals surface area contributed by atoms with Crippen LogP contribution in [0.25, 0.3) is 0 Å². The molecule has 3 atom stereocenters. The quantitative estimate of drug-likeness (QED) is 0.675. The Hall–Kier alpha value is -0.0400. The molecule has 72 valence electrons. The van der Waals surface area contributed by atoms with E-state index in [0.717, 1.165) is 12.3 Å². The van der Waals surface area contributed by atoms with Crippen molar-refractivity contribution in [1.82, 2.24) is 0 Å². The molecule has 0 aromatic rings. The molecule has 1 heteroatoms. The van der Waals surface area contributed by atoms with Gasteiger partial charge >= 0.3 is 0 Å². The van der Waals surface area contributed by atoms with Gasteiger partial charge in [-0.1, -0.05) is 26.7 Å². The zero-order valence-corrected chi connectivity index (χ0v) is 8.64. The summed E-state index contributed by atoms with van der Waals surface area (Å²) in [6, 6.07) is 0. The third-order valence-corrected chi connectivity index (χ3v) is 3.50. The Balaban J connectivity index is 2.41. The second-order valence-electron chi connectivity index (χ2n) is 4.69. The zero-order chi connectivity index (χ0) is 9.19. The molecule has 2 unspecified atom stereocenters. The first-order valence-electron chi connectivity index (χ1n) is 5.28. The maximum atomic E-state index is 9.93. The molecule has 1 rings (SSSR count). The van der Waals surface area contributed by atoms with Gasteiger partial charge in [0, 0.05) is 0 Å². The van der Waals surface area contributed by atoms with Crippen molar-refractivity contribution >= 4 is 0 Å². The fraction of sp³-hybridized carbons (Fsp3) is 1.00. The highest BCUT2D eigenvalue weighted by Gasteiger charge is 2.34. The smallest absolute Gasteiger partial charge is 0.0645 e. The molecule has 0 radical (unpaired) electrons. The fourth-order valence-corrected chi connectivity index (χ4v) is 2.28. The van der Waals surface area contributed by atoms with Crippen molar-refractivity contribution in [3.63, 3.8) is 0 Å². The van der Waals surface area contributed by atoms with E-state index in [4.69, 9.17) is 0 Å². The van der Waals surface area contributed by atoms with Crippen LogP contribution in [0.15, 0.2) is 0 Å². The molecule has 1 N–H and O–H groups in total. The van der Waals surface area contributed by atoms with Gasteiger partial charge in [-0.2, -0.15) is 0 Å². The van der Waals surface area contributed by atoms with Crippen LogP contribution in [0.4, 0.5) is 0 Å². The molecule has 1 aliphatic carbocycles. The average molecular weight is 170 g/mol. The van der Waals surface area contributed by atoms with Crippen molar-refractivity contribution in [3.05, 3.63) is 0 Å². The van der Waals surface area contributed by atoms with Gasteiger partial charge in [0.25, 0.3) is 0 Å². The number of hydrogen-bond donors (Lipinski definition) is 1. The van der Waals surface area contributed by atoms with E-state index in [9.17, 15) is 5.11 Å². The summed E-state index contributed by atoms with van der Waals surface area (Å²) in [5.74, 6) is 1.37. The molecular formula is C11H22O. The Labute approximate surface area is 76.2 Å². The van der Waals surface area contributed by atoms with Crippen LogP contribution >= 0.6 is 0 Å². The number of aliphatic hydroxyl groups is 1. The Bertz CT molecular complexity index is 140. The van der Waals surface area contributed by atoms with Gasteiger partial charge in [0.15, 0.2) is 0 Å². The van der Waals surface area contributed by atoms with E-state index in [-0.39, 0.29) is 5.60 Å². The lowest BCUT2D eigenvalue weighted by molar-refractivity contribution is -0.0398. The van der Waals surface area contributed by atoms with Gasteiger partial charge in [-0.3, -0.25) is 0 Å². The third kappa shape index (κ3) is 2.22. The van der Waals surface area contributed by atoms with Crippen LogP contribution < -0.4 is 0 Å². The Morgan fingerprint density at radius 1 is 1.50 bits per heavy atom. The summed E-state index contributed by atoms with van der Waals surface area (Å²) in [5.41, 5.74) is -0.385. The summed E-state index contributed by atoms with van der Waals surface area (Å²) in [7, 11) is 0.